The predicted molar refractivity (Wildman–Crippen MR) is 145 cm³/mol. The second kappa shape index (κ2) is 10.1. The van der Waals surface area contributed by atoms with E-state index < -0.39 is 5.91 Å². The number of benzene rings is 1. The maximum absolute atomic E-state index is 13.4. The molecule has 1 aliphatic heterocycles. The molecular weight excluding hydrogens is 510 g/mol. The molecule has 0 saturated heterocycles. The molecular formula is C30H33N5O5. The van der Waals surface area contributed by atoms with Crippen LogP contribution in [0.5, 0.6) is 5.75 Å². The van der Waals surface area contributed by atoms with Crippen LogP contribution in [0.25, 0.3) is 5.65 Å². The van der Waals surface area contributed by atoms with Crippen molar-refractivity contribution in [3.63, 3.8) is 0 Å². The monoisotopic (exact) mass is 543 g/mol. The van der Waals surface area contributed by atoms with Gasteiger partial charge >= 0.3 is 0 Å². The van der Waals surface area contributed by atoms with Gasteiger partial charge in [0, 0.05) is 49.0 Å². The van der Waals surface area contributed by atoms with E-state index in [0.717, 1.165) is 49.7 Å². The third kappa shape index (κ3) is 4.76. The predicted octanol–water partition coefficient (Wildman–Crippen LogP) is 3.21. The van der Waals surface area contributed by atoms with E-state index in [-0.39, 0.29) is 47.1 Å². The number of fused-ring (bicyclic) bond motifs is 5. The highest BCUT2D eigenvalue weighted by atomic mass is 16.5. The molecule has 208 valence electrons. The average Bonchev–Trinajstić information content (AvgIpc) is 3.47. The molecule has 7 rings (SSSR count). The van der Waals surface area contributed by atoms with Crippen LogP contribution in [0.3, 0.4) is 0 Å². The molecule has 3 saturated carbocycles. The SMILES string of the molecule is CCC(=O)C12CCC(CNC(=O)c3cc(C(=O)NCc4ccc5c(c4)CC(=O)CO5)nc4ccnn34)(CC1)CC2. The van der Waals surface area contributed by atoms with E-state index in [9.17, 15) is 19.2 Å². The summed E-state index contributed by atoms with van der Waals surface area (Å²) in [6.07, 6.45) is 7.93. The number of nitrogens with one attached hydrogen (secondary N) is 2. The molecule has 3 fully saturated rings. The Morgan fingerprint density at radius 2 is 1.77 bits per heavy atom. The smallest absolute Gasteiger partial charge is 0.270 e. The summed E-state index contributed by atoms with van der Waals surface area (Å²) in [7, 11) is 0. The van der Waals surface area contributed by atoms with Gasteiger partial charge in [0.1, 0.15) is 29.5 Å². The Kier molecular flexibility index (Phi) is 6.64. The number of ketones is 2. The number of hydrogen-bond donors (Lipinski definition) is 2. The van der Waals surface area contributed by atoms with Gasteiger partial charge in [-0.2, -0.15) is 5.10 Å². The molecule has 4 aliphatic rings. The van der Waals surface area contributed by atoms with Crippen molar-refractivity contribution in [1.82, 2.24) is 25.2 Å². The molecule has 0 radical (unpaired) electrons. The van der Waals surface area contributed by atoms with Crippen molar-refractivity contribution in [2.24, 2.45) is 10.8 Å². The minimum atomic E-state index is -0.419. The van der Waals surface area contributed by atoms with Gasteiger partial charge in [0.15, 0.2) is 11.4 Å². The normalized spacial score (nSPS) is 23.4. The van der Waals surface area contributed by atoms with Gasteiger partial charge in [0.2, 0.25) is 0 Å². The molecule has 1 aromatic carbocycles. The van der Waals surface area contributed by atoms with Crippen molar-refractivity contribution in [2.75, 3.05) is 13.2 Å². The summed E-state index contributed by atoms with van der Waals surface area (Å²) < 4.78 is 6.88. The Morgan fingerprint density at radius 3 is 2.52 bits per heavy atom. The molecule has 0 spiro atoms. The average molecular weight is 544 g/mol. The van der Waals surface area contributed by atoms with Gasteiger partial charge in [0.05, 0.1) is 6.20 Å². The quantitative estimate of drug-likeness (QED) is 0.446. The number of amides is 2. The molecule has 2 aromatic heterocycles. The number of hydrogen-bond acceptors (Lipinski definition) is 7. The lowest BCUT2D eigenvalue weighted by Crippen LogP contribution is -2.50. The molecule has 3 aromatic rings. The summed E-state index contributed by atoms with van der Waals surface area (Å²) in [4.78, 5) is 55.1. The van der Waals surface area contributed by atoms with E-state index >= 15 is 0 Å². The van der Waals surface area contributed by atoms with E-state index in [1.165, 1.54) is 10.6 Å². The van der Waals surface area contributed by atoms with Gasteiger partial charge in [-0.15, -0.1) is 0 Å². The van der Waals surface area contributed by atoms with Gasteiger partial charge in [0.25, 0.3) is 11.8 Å². The number of carbonyl (C=O) groups is 4. The van der Waals surface area contributed by atoms with E-state index in [2.05, 4.69) is 20.7 Å². The molecule has 2 N–H and O–H groups in total. The summed E-state index contributed by atoms with van der Waals surface area (Å²) in [5.41, 5.74) is 2.25. The molecule has 10 heteroatoms. The van der Waals surface area contributed by atoms with Crippen LogP contribution in [0.2, 0.25) is 0 Å². The van der Waals surface area contributed by atoms with Crippen molar-refractivity contribution in [2.45, 2.75) is 64.8 Å². The van der Waals surface area contributed by atoms with Crippen molar-refractivity contribution >= 4 is 29.0 Å². The lowest BCUT2D eigenvalue weighted by atomic mass is 9.52. The zero-order valence-corrected chi connectivity index (χ0v) is 22.6. The first kappa shape index (κ1) is 26.2. The van der Waals surface area contributed by atoms with Gasteiger partial charge in [-0.25, -0.2) is 9.50 Å². The molecule has 0 unspecified atom stereocenters. The summed E-state index contributed by atoms with van der Waals surface area (Å²) in [5.74, 6) is 0.352. The van der Waals surface area contributed by atoms with Crippen LogP contribution in [-0.2, 0) is 22.6 Å². The third-order valence-corrected chi connectivity index (χ3v) is 9.12. The molecule has 3 aliphatic carbocycles. The Morgan fingerprint density at radius 1 is 1.00 bits per heavy atom. The highest BCUT2D eigenvalue weighted by molar-refractivity contribution is 5.98. The summed E-state index contributed by atoms with van der Waals surface area (Å²) >= 11 is 0. The van der Waals surface area contributed by atoms with Crippen LogP contribution in [0, 0.1) is 10.8 Å². The van der Waals surface area contributed by atoms with Gasteiger partial charge in [-0.3, -0.25) is 19.2 Å². The number of nitrogens with zero attached hydrogens (tertiary/aromatic N) is 3. The number of ether oxygens (including phenoxy) is 1. The van der Waals surface area contributed by atoms with Crippen LogP contribution < -0.4 is 15.4 Å². The maximum atomic E-state index is 13.4. The summed E-state index contributed by atoms with van der Waals surface area (Å²) in [6, 6.07) is 8.63. The first-order chi connectivity index (χ1) is 19.3. The first-order valence-electron chi connectivity index (χ1n) is 14.0. The Hall–Kier alpha value is -4.08. The first-order valence-corrected chi connectivity index (χ1v) is 14.0. The fourth-order valence-electron chi connectivity index (χ4n) is 6.59. The third-order valence-electron chi connectivity index (χ3n) is 9.12. The van der Waals surface area contributed by atoms with Crippen molar-refractivity contribution in [1.29, 1.82) is 0 Å². The Bertz CT molecular complexity index is 1500. The van der Waals surface area contributed by atoms with E-state index in [0.29, 0.717) is 36.6 Å². The molecule has 40 heavy (non-hydrogen) atoms. The standard InChI is InChI=1S/C30H33N5O5/c1-2-25(37)30-9-6-29(7-10-30,8-11-30)18-32-28(39)23-15-22(34-26-5-12-33-35(23)26)27(38)31-16-19-3-4-24-20(13-19)14-21(36)17-40-24/h3-5,12-13,15H,2,6-11,14,16-18H2,1H3,(H,31,38)(H,32,39). The summed E-state index contributed by atoms with van der Waals surface area (Å²) in [6.45, 7) is 2.79. The minimum absolute atomic E-state index is 0.00638. The number of Topliss-reactive ketones (excluding diaryl/α,β-unsaturated/α-hetero) is 2. The van der Waals surface area contributed by atoms with E-state index in [1.54, 1.807) is 12.3 Å². The second-order valence-corrected chi connectivity index (χ2v) is 11.5. The van der Waals surface area contributed by atoms with Gasteiger partial charge in [-0.1, -0.05) is 13.0 Å². The van der Waals surface area contributed by atoms with Crippen LogP contribution in [0.15, 0.2) is 36.5 Å². The van der Waals surface area contributed by atoms with E-state index in [1.807, 2.05) is 25.1 Å². The van der Waals surface area contributed by atoms with E-state index in [4.69, 9.17) is 4.74 Å². The topological polar surface area (TPSA) is 132 Å². The number of carbonyl (C=O) groups excluding carboxylic acids is 4. The lowest BCUT2D eigenvalue weighted by Gasteiger charge is -2.52. The Balaban J connectivity index is 1.13. The fourth-order valence-corrected chi connectivity index (χ4v) is 6.59. The molecule has 2 amide bonds. The zero-order valence-electron chi connectivity index (χ0n) is 22.6. The Labute approximate surface area is 231 Å². The summed E-state index contributed by atoms with van der Waals surface area (Å²) in [5, 5.41) is 10.2. The van der Waals surface area contributed by atoms with Crippen LogP contribution >= 0.6 is 0 Å². The largest absolute Gasteiger partial charge is 0.486 e. The van der Waals surface area contributed by atoms with Crippen LogP contribution in [0.1, 0.15) is 84.0 Å². The van der Waals surface area contributed by atoms with Crippen molar-refractivity contribution < 1.29 is 23.9 Å². The number of aromatic nitrogens is 3. The highest BCUT2D eigenvalue weighted by Gasteiger charge is 2.51. The zero-order chi connectivity index (χ0) is 27.9. The molecule has 10 nitrogen and oxygen atoms in total. The number of rotatable bonds is 8. The fraction of sp³-hybridized carbons (Fsp3) is 0.467. The van der Waals surface area contributed by atoms with Crippen LogP contribution in [0.4, 0.5) is 0 Å². The second-order valence-electron chi connectivity index (χ2n) is 11.5. The molecule has 2 bridgehead atoms. The lowest BCUT2D eigenvalue weighted by molar-refractivity contribution is -0.137. The minimum Gasteiger partial charge on any atom is -0.486 e. The van der Waals surface area contributed by atoms with Crippen molar-refractivity contribution in [3.8, 4) is 5.75 Å². The highest BCUT2D eigenvalue weighted by Crippen LogP contribution is 2.57. The maximum Gasteiger partial charge on any atom is 0.270 e. The molecule has 3 heterocycles. The van der Waals surface area contributed by atoms with Crippen molar-refractivity contribution in [3.05, 3.63) is 59.0 Å². The van der Waals surface area contributed by atoms with Gasteiger partial charge < -0.3 is 15.4 Å². The molecule has 0 atom stereocenters. The van der Waals surface area contributed by atoms with Crippen LogP contribution in [-0.4, -0.2) is 51.1 Å². The van der Waals surface area contributed by atoms with Gasteiger partial charge in [-0.05, 0) is 61.6 Å².